The molecule has 1 N–H and O–H groups in total. The van der Waals surface area contributed by atoms with E-state index >= 15 is 0 Å². The standard InChI is InChI=1S/C15H22O2/c1-15(2,3)9-10-17-14-6-4-5-11-12(14)7-8-13(11)16/h4-6,13,16H,7-10H2,1-3H3. The lowest BCUT2D eigenvalue weighted by molar-refractivity contribution is 0.180. The molecule has 2 heteroatoms. The van der Waals surface area contributed by atoms with E-state index in [1.807, 2.05) is 18.2 Å². The Bertz CT molecular complexity index is 390. The predicted molar refractivity (Wildman–Crippen MR) is 69.3 cm³/mol. The minimum Gasteiger partial charge on any atom is -0.493 e. The van der Waals surface area contributed by atoms with E-state index in [1.165, 1.54) is 5.56 Å². The van der Waals surface area contributed by atoms with Crippen LogP contribution in [0.1, 0.15) is 50.8 Å². The van der Waals surface area contributed by atoms with Gasteiger partial charge in [-0.05, 0) is 36.3 Å². The lowest BCUT2D eigenvalue weighted by Crippen LogP contribution is -2.11. The van der Waals surface area contributed by atoms with Gasteiger partial charge in [-0.25, -0.2) is 0 Å². The van der Waals surface area contributed by atoms with Crippen LogP contribution in [-0.2, 0) is 6.42 Å². The van der Waals surface area contributed by atoms with E-state index in [2.05, 4.69) is 20.8 Å². The van der Waals surface area contributed by atoms with Crippen LogP contribution in [0.5, 0.6) is 5.75 Å². The summed E-state index contributed by atoms with van der Waals surface area (Å²) < 4.78 is 5.86. The van der Waals surface area contributed by atoms with E-state index in [9.17, 15) is 5.11 Å². The highest BCUT2D eigenvalue weighted by Gasteiger charge is 2.23. The van der Waals surface area contributed by atoms with Gasteiger partial charge in [0.25, 0.3) is 0 Å². The van der Waals surface area contributed by atoms with Crippen molar-refractivity contribution in [2.24, 2.45) is 5.41 Å². The highest BCUT2D eigenvalue weighted by Crippen LogP contribution is 2.36. The van der Waals surface area contributed by atoms with Crippen LogP contribution in [0.3, 0.4) is 0 Å². The van der Waals surface area contributed by atoms with Crippen LogP contribution in [-0.4, -0.2) is 11.7 Å². The van der Waals surface area contributed by atoms with Gasteiger partial charge >= 0.3 is 0 Å². The molecule has 0 saturated heterocycles. The quantitative estimate of drug-likeness (QED) is 0.867. The summed E-state index contributed by atoms with van der Waals surface area (Å²) in [6.45, 7) is 7.40. The second kappa shape index (κ2) is 4.69. The van der Waals surface area contributed by atoms with E-state index in [0.717, 1.165) is 37.2 Å². The van der Waals surface area contributed by atoms with Crippen molar-refractivity contribution in [1.29, 1.82) is 0 Å². The molecule has 0 radical (unpaired) electrons. The number of hydrogen-bond acceptors (Lipinski definition) is 2. The van der Waals surface area contributed by atoms with Crippen LogP contribution in [0.2, 0.25) is 0 Å². The Hall–Kier alpha value is -1.02. The molecule has 1 aromatic carbocycles. The average molecular weight is 234 g/mol. The maximum Gasteiger partial charge on any atom is 0.122 e. The van der Waals surface area contributed by atoms with Crippen molar-refractivity contribution in [3.63, 3.8) is 0 Å². The van der Waals surface area contributed by atoms with Crippen molar-refractivity contribution in [2.45, 2.75) is 46.1 Å². The molecule has 0 amide bonds. The lowest BCUT2D eigenvalue weighted by Gasteiger charge is -2.19. The van der Waals surface area contributed by atoms with Crippen LogP contribution in [0, 0.1) is 5.41 Å². The minimum atomic E-state index is -0.295. The summed E-state index contributed by atoms with van der Waals surface area (Å²) in [5, 5.41) is 9.80. The highest BCUT2D eigenvalue weighted by atomic mass is 16.5. The number of hydrogen-bond donors (Lipinski definition) is 1. The molecule has 1 unspecified atom stereocenters. The van der Waals surface area contributed by atoms with E-state index in [-0.39, 0.29) is 6.10 Å². The van der Waals surface area contributed by atoms with E-state index in [0.29, 0.717) is 5.41 Å². The minimum absolute atomic E-state index is 0.295. The molecule has 1 aliphatic rings. The molecule has 2 rings (SSSR count). The van der Waals surface area contributed by atoms with Crippen molar-refractivity contribution in [3.8, 4) is 5.75 Å². The van der Waals surface area contributed by atoms with Crippen molar-refractivity contribution < 1.29 is 9.84 Å². The molecule has 1 atom stereocenters. The van der Waals surface area contributed by atoms with Gasteiger partial charge in [0, 0.05) is 5.56 Å². The summed E-state index contributed by atoms with van der Waals surface area (Å²) in [7, 11) is 0. The fourth-order valence-electron chi connectivity index (χ4n) is 2.20. The van der Waals surface area contributed by atoms with Crippen LogP contribution in [0.25, 0.3) is 0 Å². The summed E-state index contributed by atoms with van der Waals surface area (Å²) in [5.74, 6) is 0.961. The first-order chi connectivity index (χ1) is 7.97. The molecule has 0 fully saturated rings. The maximum atomic E-state index is 9.80. The third kappa shape index (κ3) is 3.01. The Labute approximate surface area is 104 Å². The van der Waals surface area contributed by atoms with Gasteiger partial charge in [0.2, 0.25) is 0 Å². The van der Waals surface area contributed by atoms with Crippen molar-refractivity contribution in [1.82, 2.24) is 0 Å². The molecule has 0 aliphatic heterocycles. The zero-order chi connectivity index (χ0) is 12.5. The van der Waals surface area contributed by atoms with Crippen LogP contribution in [0.4, 0.5) is 0 Å². The Morgan fingerprint density at radius 1 is 1.35 bits per heavy atom. The lowest BCUT2D eigenvalue weighted by atomic mass is 9.93. The normalized spacial score (nSPS) is 19.2. The van der Waals surface area contributed by atoms with E-state index in [1.54, 1.807) is 0 Å². The Morgan fingerprint density at radius 2 is 2.12 bits per heavy atom. The number of rotatable bonds is 3. The van der Waals surface area contributed by atoms with E-state index < -0.39 is 0 Å². The average Bonchev–Trinajstić information content (AvgIpc) is 2.60. The van der Waals surface area contributed by atoms with Gasteiger partial charge in [0.1, 0.15) is 5.75 Å². The number of aliphatic hydroxyl groups is 1. The second-order valence-corrected chi connectivity index (χ2v) is 6.04. The predicted octanol–water partition coefficient (Wildman–Crippen LogP) is 3.48. The van der Waals surface area contributed by atoms with Crippen molar-refractivity contribution in [3.05, 3.63) is 29.3 Å². The van der Waals surface area contributed by atoms with Gasteiger partial charge in [0.15, 0.2) is 0 Å². The van der Waals surface area contributed by atoms with Gasteiger partial charge < -0.3 is 9.84 Å². The summed E-state index contributed by atoms with van der Waals surface area (Å²) in [4.78, 5) is 0. The molecule has 0 aromatic heterocycles. The molecule has 0 heterocycles. The van der Waals surface area contributed by atoms with Gasteiger partial charge in [-0.15, -0.1) is 0 Å². The third-order valence-corrected chi connectivity index (χ3v) is 3.31. The van der Waals surface area contributed by atoms with Crippen LogP contribution >= 0.6 is 0 Å². The fourth-order valence-corrected chi connectivity index (χ4v) is 2.20. The number of aliphatic hydroxyl groups excluding tert-OH is 1. The smallest absolute Gasteiger partial charge is 0.122 e. The molecular weight excluding hydrogens is 212 g/mol. The van der Waals surface area contributed by atoms with Crippen molar-refractivity contribution in [2.75, 3.05) is 6.61 Å². The topological polar surface area (TPSA) is 29.5 Å². The van der Waals surface area contributed by atoms with Gasteiger partial charge in [-0.1, -0.05) is 32.9 Å². The molecule has 0 saturated carbocycles. The first-order valence-electron chi connectivity index (χ1n) is 6.40. The summed E-state index contributed by atoms with van der Waals surface area (Å²) in [6, 6.07) is 5.99. The number of fused-ring (bicyclic) bond motifs is 1. The summed E-state index contributed by atoms with van der Waals surface area (Å²) in [5.41, 5.74) is 2.56. The molecule has 17 heavy (non-hydrogen) atoms. The highest BCUT2D eigenvalue weighted by molar-refractivity contribution is 5.44. The number of benzene rings is 1. The first kappa shape index (κ1) is 12.4. The summed E-state index contributed by atoms with van der Waals surface area (Å²) >= 11 is 0. The Balaban J connectivity index is 2.03. The van der Waals surface area contributed by atoms with Crippen LogP contribution in [0.15, 0.2) is 18.2 Å². The molecule has 0 bridgehead atoms. The van der Waals surface area contributed by atoms with E-state index in [4.69, 9.17) is 4.74 Å². The van der Waals surface area contributed by atoms with Gasteiger partial charge in [-0.3, -0.25) is 0 Å². The molecular formula is C15H22O2. The van der Waals surface area contributed by atoms with Gasteiger partial charge in [-0.2, -0.15) is 0 Å². The molecule has 94 valence electrons. The fraction of sp³-hybridized carbons (Fsp3) is 0.600. The molecule has 1 aliphatic carbocycles. The zero-order valence-corrected chi connectivity index (χ0v) is 11.0. The molecule has 2 nitrogen and oxygen atoms in total. The molecule has 1 aromatic rings. The third-order valence-electron chi connectivity index (χ3n) is 3.31. The maximum absolute atomic E-state index is 9.80. The monoisotopic (exact) mass is 234 g/mol. The summed E-state index contributed by atoms with van der Waals surface area (Å²) in [6.07, 6.45) is 2.51. The first-order valence-corrected chi connectivity index (χ1v) is 6.40. The number of ether oxygens (including phenoxy) is 1. The SMILES string of the molecule is CC(C)(C)CCOc1cccc2c1CCC2O. The Kier molecular flexibility index (Phi) is 3.43. The van der Waals surface area contributed by atoms with Crippen LogP contribution < -0.4 is 4.74 Å². The largest absolute Gasteiger partial charge is 0.493 e. The zero-order valence-electron chi connectivity index (χ0n) is 11.0. The van der Waals surface area contributed by atoms with Gasteiger partial charge in [0.05, 0.1) is 12.7 Å². The molecule has 0 spiro atoms. The Morgan fingerprint density at radius 3 is 2.82 bits per heavy atom. The second-order valence-electron chi connectivity index (χ2n) is 6.04. The van der Waals surface area contributed by atoms with Crippen molar-refractivity contribution >= 4 is 0 Å².